The number of rotatable bonds is 6. The molecule has 0 unspecified atom stereocenters. The van der Waals surface area contributed by atoms with E-state index in [1.54, 1.807) is 0 Å². The van der Waals surface area contributed by atoms with Gasteiger partial charge < -0.3 is 15.4 Å². The molecule has 1 aromatic carbocycles. The molecule has 25 heavy (non-hydrogen) atoms. The van der Waals surface area contributed by atoms with Gasteiger partial charge in [-0.05, 0) is 57.9 Å². The van der Waals surface area contributed by atoms with E-state index in [-0.39, 0.29) is 12.1 Å². The van der Waals surface area contributed by atoms with Crippen LogP contribution in [0.5, 0.6) is 0 Å². The number of hydrogen-bond acceptors (Lipinski definition) is 3. The summed E-state index contributed by atoms with van der Waals surface area (Å²) in [4.78, 5) is 13.9. The lowest BCUT2D eigenvalue weighted by molar-refractivity contribution is 0.0180. The minimum absolute atomic E-state index is 0.171. The number of hydrogen-bond donors (Lipinski definition) is 1. The Morgan fingerprint density at radius 2 is 1.88 bits per heavy atom. The molecule has 2 N–H and O–H groups in total. The second-order valence-electron chi connectivity index (χ2n) is 8.29. The molecule has 140 valence electrons. The highest BCUT2D eigenvalue weighted by atomic mass is 16.6. The van der Waals surface area contributed by atoms with Gasteiger partial charge in [0.15, 0.2) is 0 Å². The quantitative estimate of drug-likeness (QED) is 0.832. The zero-order chi connectivity index (χ0) is 18.3. The van der Waals surface area contributed by atoms with E-state index in [0.717, 1.165) is 38.8 Å². The minimum atomic E-state index is -0.414. The lowest BCUT2D eigenvalue weighted by Gasteiger charge is -2.33. The predicted octanol–water partition coefficient (Wildman–Crippen LogP) is 4.37. The van der Waals surface area contributed by atoms with E-state index in [4.69, 9.17) is 10.5 Å². The Kier molecular flexibility index (Phi) is 7.30. The van der Waals surface area contributed by atoms with Crippen LogP contribution in [0.3, 0.4) is 0 Å². The molecular weight excluding hydrogens is 312 g/mol. The highest BCUT2D eigenvalue weighted by Gasteiger charge is 2.26. The Balaban J connectivity index is 1.61. The molecule has 1 atom stereocenters. The summed E-state index contributed by atoms with van der Waals surface area (Å²) in [6.07, 6.45) is 6.39. The molecule has 1 amide bonds. The van der Waals surface area contributed by atoms with Gasteiger partial charge in [0.1, 0.15) is 5.60 Å². The lowest BCUT2D eigenvalue weighted by Crippen LogP contribution is -2.41. The van der Waals surface area contributed by atoms with Crippen LogP contribution in [-0.4, -0.2) is 35.7 Å². The van der Waals surface area contributed by atoms with Gasteiger partial charge >= 0.3 is 6.09 Å². The summed E-state index contributed by atoms with van der Waals surface area (Å²) in [6.45, 7) is 7.37. The first-order chi connectivity index (χ1) is 11.8. The van der Waals surface area contributed by atoms with E-state index >= 15 is 0 Å². The van der Waals surface area contributed by atoms with Gasteiger partial charge in [0.25, 0.3) is 0 Å². The van der Waals surface area contributed by atoms with Crippen molar-refractivity contribution in [2.75, 3.05) is 13.1 Å². The van der Waals surface area contributed by atoms with Crippen LogP contribution in [0, 0.1) is 5.92 Å². The third-order valence-corrected chi connectivity index (χ3v) is 4.79. The van der Waals surface area contributed by atoms with Crippen LogP contribution >= 0.6 is 0 Å². The smallest absolute Gasteiger partial charge is 0.410 e. The van der Waals surface area contributed by atoms with Crippen molar-refractivity contribution in [1.29, 1.82) is 0 Å². The van der Waals surface area contributed by atoms with Crippen LogP contribution in [0.25, 0.3) is 0 Å². The van der Waals surface area contributed by atoms with Crippen LogP contribution in [0.4, 0.5) is 4.79 Å². The van der Waals surface area contributed by atoms with Crippen molar-refractivity contribution in [2.24, 2.45) is 11.7 Å². The second-order valence-corrected chi connectivity index (χ2v) is 8.29. The van der Waals surface area contributed by atoms with Gasteiger partial charge in [-0.1, -0.05) is 43.2 Å². The first-order valence-corrected chi connectivity index (χ1v) is 9.61. The third kappa shape index (κ3) is 7.47. The van der Waals surface area contributed by atoms with Gasteiger partial charge in [0, 0.05) is 19.1 Å². The van der Waals surface area contributed by atoms with E-state index in [1.807, 2.05) is 31.7 Å². The molecule has 2 rings (SSSR count). The molecule has 4 nitrogen and oxygen atoms in total. The summed E-state index contributed by atoms with van der Waals surface area (Å²) >= 11 is 0. The first-order valence-electron chi connectivity index (χ1n) is 9.61. The number of amides is 1. The van der Waals surface area contributed by atoms with Gasteiger partial charge in [-0.25, -0.2) is 4.79 Å². The molecule has 1 aromatic rings. The van der Waals surface area contributed by atoms with Crippen LogP contribution in [0.2, 0.25) is 0 Å². The van der Waals surface area contributed by atoms with E-state index in [0.29, 0.717) is 5.92 Å². The Hall–Kier alpha value is -1.55. The Morgan fingerprint density at radius 1 is 1.24 bits per heavy atom. The second kappa shape index (κ2) is 9.23. The summed E-state index contributed by atoms with van der Waals surface area (Å²) in [6, 6.07) is 10.7. The molecular formula is C21H34N2O2. The van der Waals surface area contributed by atoms with Gasteiger partial charge in [0.05, 0.1) is 0 Å². The van der Waals surface area contributed by atoms with Crippen molar-refractivity contribution in [1.82, 2.24) is 4.90 Å². The van der Waals surface area contributed by atoms with E-state index in [9.17, 15) is 4.79 Å². The number of carbonyl (C=O) groups is 1. The monoisotopic (exact) mass is 346 g/mol. The summed E-state index contributed by atoms with van der Waals surface area (Å²) in [5.74, 6) is 0.711. The number of ether oxygens (including phenoxy) is 1. The summed E-state index contributed by atoms with van der Waals surface area (Å²) < 4.78 is 5.45. The zero-order valence-electron chi connectivity index (χ0n) is 16.0. The van der Waals surface area contributed by atoms with Crippen molar-refractivity contribution in [3.05, 3.63) is 35.9 Å². The van der Waals surface area contributed by atoms with Gasteiger partial charge in [-0.2, -0.15) is 0 Å². The maximum atomic E-state index is 12.1. The minimum Gasteiger partial charge on any atom is -0.444 e. The molecule has 1 aliphatic rings. The third-order valence-electron chi connectivity index (χ3n) is 4.79. The van der Waals surface area contributed by atoms with Crippen molar-refractivity contribution < 1.29 is 9.53 Å². The van der Waals surface area contributed by atoms with E-state index in [1.165, 1.54) is 18.4 Å². The average molecular weight is 347 g/mol. The van der Waals surface area contributed by atoms with Crippen LogP contribution in [-0.2, 0) is 11.2 Å². The molecule has 0 aliphatic carbocycles. The van der Waals surface area contributed by atoms with Crippen molar-refractivity contribution in [3.8, 4) is 0 Å². The molecule has 4 heteroatoms. The number of nitrogens with zero attached hydrogens (tertiary/aromatic N) is 1. The Labute approximate surface area is 152 Å². The fourth-order valence-corrected chi connectivity index (χ4v) is 3.42. The summed E-state index contributed by atoms with van der Waals surface area (Å²) in [5, 5.41) is 0. The maximum absolute atomic E-state index is 12.1. The SMILES string of the molecule is CC(C)(C)OC(=O)N1CCC(CCC[C@H](N)Cc2ccccc2)CC1. The standard InChI is InChI=1S/C21H34N2O2/c1-21(2,3)25-20(24)23-14-12-17(13-15-23)10-7-11-19(22)16-18-8-5-4-6-9-18/h4-6,8-9,17,19H,7,10-16,22H2,1-3H3/t19-/m0/s1. The topological polar surface area (TPSA) is 55.6 Å². The van der Waals surface area contributed by atoms with Gasteiger partial charge in [-0.3, -0.25) is 0 Å². The van der Waals surface area contributed by atoms with Gasteiger partial charge in [0.2, 0.25) is 0 Å². The van der Waals surface area contributed by atoms with Crippen molar-refractivity contribution in [3.63, 3.8) is 0 Å². The summed E-state index contributed by atoms with van der Waals surface area (Å²) in [7, 11) is 0. The number of nitrogens with two attached hydrogens (primary N) is 1. The van der Waals surface area contributed by atoms with Crippen molar-refractivity contribution in [2.45, 2.75) is 70.9 Å². The molecule has 0 bridgehead atoms. The molecule has 1 aliphatic heterocycles. The zero-order valence-corrected chi connectivity index (χ0v) is 16.0. The highest BCUT2D eigenvalue weighted by Crippen LogP contribution is 2.24. The number of benzene rings is 1. The first kappa shape index (κ1) is 19.8. The fourth-order valence-electron chi connectivity index (χ4n) is 3.42. The maximum Gasteiger partial charge on any atom is 0.410 e. The van der Waals surface area contributed by atoms with Gasteiger partial charge in [-0.15, -0.1) is 0 Å². The predicted molar refractivity (Wildman–Crippen MR) is 103 cm³/mol. The van der Waals surface area contributed by atoms with Crippen LogP contribution in [0.15, 0.2) is 30.3 Å². The van der Waals surface area contributed by atoms with E-state index in [2.05, 4.69) is 24.3 Å². The average Bonchev–Trinajstić information content (AvgIpc) is 2.55. The molecule has 0 saturated carbocycles. The van der Waals surface area contributed by atoms with Crippen molar-refractivity contribution >= 4 is 6.09 Å². The molecule has 1 heterocycles. The molecule has 0 spiro atoms. The molecule has 0 radical (unpaired) electrons. The Morgan fingerprint density at radius 3 is 2.48 bits per heavy atom. The van der Waals surface area contributed by atoms with Crippen LogP contribution < -0.4 is 5.73 Å². The molecule has 1 fully saturated rings. The number of carbonyl (C=O) groups excluding carboxylic acids is 1. The fraction of sp³-hybridized carbons (Fsp3) is 0.667. The molecule has 1 saturated heterocycles. The summed E-state index contributed by atoms with van der Waals surface area (Å²) in [5.41, 5.74) is 7.18. The normalized spacial score (nSPS) is 17.4. The van der Waals surface area contributed by atoms with E-state index < -0.39 is 5.60 Å². The largest absolute Gasteiger partial charge is 0.444 e. The highest BCUT2D eigenvalue weighted by molar-refractivity contribution is 5.68. The Bertz CT molecular complexity index is 516. The number of piperidine rings is 1. The lowest BCUT2D eigenvalue weighted by atomic mass is 9.90. The van der Waals surface area contributed by atoms with Crippen LogP contribution in [0.1, 0.15) is 58.4 Å². The number of likely N-dealkylation sites (tertiary alicyclic amines) is 1. The molecule has 0 aromatic heterocycles.